The molecule has 4 heteroatoms. The average molecular weight is 236 g/mol. The Morgan fingerprint density at radius 3 is 2.69 bits per heavy atom. The van der Waals surface area contributed by atoms with Crippen LogP contribution < -0.4 is 0 Å². The number of carbonyl (C=O) groups is 2. The first-order valence-corrected chi connectivity index (χ1v) is 6.14. The summed E-state index contributed by atoms with van der Waals surface area (Å²) in [7, 11) is 0. The van der Waals surface area contributed by atoms with Crippen molar-refractivity contribution in [1.29, 1.82) is 0 Å². The number of hydrogen-bond acceptors (Lipinski definition) is 4. The lowest BCUT2D eigenvalue weighted by Crippen LogP contribution is -2.01. The minimum absolute atomic E-state index is 0.103. The molecule has 0 bridgehead atoms. The Balaban J connectivity index is 1.84. The molecule has 0 spiro atoms. The largest absolute Gasteiger partial charge is 0.464 e. The molecule has 0 amide bonds. The molecule has 1 fully saturated rings. The number of hydrogen-bond donors (Lipinski definition) is 0. The van der Waals surface area contributed by atoms with Gasteiger partial charge in [0.05, 0.1) is 6.42 Å². The van der Waals surface area contributed by atoms with Gasteiger partial charge < -0.3 is 4.74 Å². The molecule has 84 valence electrons. The third kappa shape index (κ3) is 2.85. The van der Waals surface area contributed by atoms with Crippen molar-refractivity contribution in [1.82, 2.24) is 0 Å². The molecule has 1 unspecified atom stereocenters. The minimum Gasteiger partial charge on any atom is -0.464 e. The van der Waals surface area contributed by atoms with E-state index in [1.807, 2.05) is 12.1 Å². The van der Waals surface area contributed by atoms with Crippen molar-refractivity contribution in [2.75, 3.05) is 6.61 Å². The number of aldehydes is 1. The summed E-state index contributed by atoms with van der Waals surface area (Å²) in [5.74, 6) is 0.745. The molecule has 16 heavy (non-hydrogen) atoms. The summed E-state index contributed by atoms with van der Waals surface area (Å²) in [6.07, 6.45) is 1.34. The third-order valence-electron chi connectivity index (χ3n) is 2.43. The average Bonchev–Trinajstić information content (AvgIpc) is 2.73. The molecule has 2 rings (SSSR count). The first-order chi connectivity index (χ1) is 7.78. The van der Waals surface area contributed by atoms with E-state index >= 15 is 0 Å². The number of cyclic esters (lactones) is 1. The third-order valence-corrected chi connectivity index (χ3v) is 3.70. The van der Waals surface area contributed by atoms with Crippen molar-refractivity contribution in [2.24, 2.45) is 0 Å². The summed E-state index contributed by atoms with van der Waals surface area (Å²) < 4.78 is 4.88. The highest BCUT2D eigenvalue weighted by Gasteiger charge is 2.23. The lowest BCUT2D eigenvalue weighted by atomic mass is 10.2. The van der Waals surface area contributed by atoms with Crippen molar-refractivity contribution < 1.29 is 14.3 Å². The number of esters is 1. The summed E-state index contributed by atoms with van der Waals surface area (Å²) in [4.78, 5) is 21.3. The molecule has 0 aromatic heterocycles. The molecule has 1 aliphatic rings. The van der Waals surface area contributed by atoms with Gasteiger partial charge in [-0.05, 0) is 5.56 Å². The highest BCUT2D eigenvalue weighted by atomic mass is 32.2. The second-order valence-electron chi connectivity index (χ2n) is 3.68. The van der Waals surface area contributed by atoms with Crippen LogP contribution in [-0.4, -0.2) is 24.1 Å². The van der Waals surface area contributed by atoms with Gasteiger partial charge in [0, 0.05) is 16.6 Å². The molecular weight excluding hydrogens is 224 g/mol. The Morgan fingerprint density at radius 2 is 2.12 bits per heavy atom. The number of ether oxygens (including phenoxy) is 1. The molecule has 1 aliphatic heterocycles. The second-order valence-corrected chi connectivity index (χ2v) is 4.97. The highest BCUT2D eigenvalue weighted by molar-refractivity contribution is 7.99. The molecule has 1 heterocycles. The summed E-state index contributed by atoms with van der Waals surface area (Å²) in [5, 5.41) is 0.276. The van der Waals surface area contributed by atoms with Crippen LogP contribution in [0.15, 0.2) is 24.3 Å². The minimum atomic E-state index is -0.103. The van der Waals surface area contributed by atoms with Gasteiger partial charge in [0.1, 0.15) is 12.9 Å². The van der Waals surface area contributed by atoms with Crippen LogP contribution >= 0.6 is 11.8 Å². The number of thioether (sulfide) groups is 1. The van der Waals surface area contributed by atoms with Gasteiger partial charge in [0.2, 0.25) is 0 Å². The Kier molecular flexibility index (Phi) is 3.62. The Bertz CT molecular complexity index is 386. The molecule has 3 nitrogen and oxygen atoms in total. The van der Waals surface area contributed by atoms with E-state index in [0.717, 1.165) is 17.6 Å². The molecule has 0 N–H and O–H groups in total. The van der Waals surface area contributed by atoms with Crippen LogP contribution in [0.3, 0.4) is 0 Å². The van der Waals surface area contributed by atoms with Crippen molar-refractivity contribution in [3.05, 3.63) is 35.4 Å². The molecular formula is C12H12O3S. The maximum absolute atomic E-state index is 10.9. The Hall–Kier alpha value is -1.29. The SMILES string of the molecule is O=Cc1ccc(CSC2COC(=O)C2)cc1. The van der Waals surface area contributed by atoms with Gasteiger partial charge in [0.25, 0.3) is 0 Å². The van der Waals surface area contributed by atoms with Gasteiger partial charge in [-0.1, -0.05) is 24.3 Å². The Labute approximate surface area is 98.2 Å². The fourth-order valence-corrected chi connectivity index (χ4v) is 2.54. The van der Waals surface area contributed by atoms with Crippen LogP contribution in [-0.2, 0) is 15.3 Å². The van der Waals surface area contributed by atoms with E-state index < -0.39 is 0 Å². The standard InChI is InChI=1S/C12H12O3S/c13-6-9-1-3-10(4-2-9)8-16-11-5-12(14)15-7-11/h1-4,6,11H,5,7-8H2. The van der Waals surface area contributed by atoms with Crippen LogP contribution in [0.5, 0.6) is 0 Å². The van der Waals surface area contributed by atoms with Gasteiger partial charge in [-0.3, -0.25) is 9.59 Å². The van der Waals surface area contributed by atoms with Crippen LogP contribution in [0.1, 0.15) is 22.3 Å². The topological polar surface area (TPSA) is 43.4 Å². The van der Waals surface area contributed by atoms with Gasteiger partial charge >= 0.3 is 5.97 Å². The van der Waals surface area contributed by atoms with E-state index in [9.17, 15) is 9.59 Å². The molecule has 0 aliphatic carbocycles. The summed E-state index contributed by atoms with van der Waals surface area (Å²) in [6.45, 7) is 0.524. The monoisotopic (exact) mass is 236 g/mol. The predicted octanol–water partition coefficient (Wildman–Crippen LogP) is 2.05. The molecule has 1 atom stereocenters. The van der Waals surface area contributed by atoms with Gasteiger partial charge in [-0.25, -0.2) is 0 Å². The maximum Gasteiger partial charge on any atom is 0.307 e. The van der Waals surface area contributed by atoms with E-state index in [1.165, 1.54) is 0 Å². The zero-order valence-corrected chi connectivity index (χ0v) is 9.53. The lowest BCUT2D eigenvalue weighted by molar-refractivity contribution is -0.137. The number of rotatable bonds is 4. The van der Waals surface area contributed by atoms with Crippen molar-refractivity contribution in [3.63, 3.8) is 0 Å². The van der Waals surface area contributed by atoms with E-state index in [4.69, 9.17) is 4.74 Å². The van der Waals surface area contributed by atoms with Crippen LogP contribution in [0.25, 0.3) is 0 Å². The first kappa shape index (κ1) is 11.2. The van der Waals surface area contributed by atoms with Gasteiger partial charge in [-0.2, -0.15) is 0 Å². The van der Waals surface area contributed by atoms with Gasteiger partial charge in [0.15, 0.2) is 0 Å². The summed E-state index contributed by atoms with van der Waals surface area (Å²) in [5.41, 5.74) is 1.85. The molecule has 0 saturated carbocycles. The van der Waals surface area contributed by atoms with Crippen molar-refractivity contribution in [2.45, 2.75) is 17.4 Å². The van der Waals surface area contributed by atoms with Crippen molar-refractivity contribution in [3.8, 4) is 0 Å². The zero-order chi connectivity index (χ0) is 11.4. The van der Waals surface area contributed by atoms with Gasteiger partial charge in [-0.15, -0.1) is 11.8 Å². The van der Waals surface area contributed by atoms with Crippen LogP contribution in [0.2, 0.25) is 0 Å². The highest BCUT2D eigenvalue weighted by Crippen LogP contribution is 2.24. The van der Waals surface area contributed by atoms with Crippen molar-refractivity contribution >= 4 is 24.0 Å². The van der Waals surface area contributed by atoms with E-state index in [-0.39, 0.29) is 11.2 Å². The molecule has 1 saturated heterocycles. The van der Waals surface area contributed by atoms with E-state index in [0.29, 0.717) is 18.6 Å². The zero-order valence-electron chi connectivity index (χ0n) is 8.72. The molecule has 0 radical (unpaired) electrons. The fourth-order valence-electron chi connectivity index (χ4n) is 1.50. The van der Waals surface area contributed by atoms with Crippen LogP contribution in [0, 0.1) is 0 Å². The summed E-state index contributed by atoms with van der Waals surface area (Å²) in [6, 6.07) is 7.49. The van der Waals surface area contributed by atoms with Crippen LogP contribution in [0.4, 0.5) is 0 Å². The molecule has 1 aromatic carbocycles. The summed E-state index contributed by atoms with van der Waals surface area (Å²) >= 11 is 1.72. The first-order valence-electron chi connectivity index (χ1n) is 5.09. The maximum atomic E-state index is 10.9. The lowest BCUT2D eigenvalue weighted by Gasteiger charge is -2.05. The fraction of sp³-hybridized carbons (Fsp3) is 0.333. The van der Waals surface area contributed by atoms with E-state index in [2.05, 4.69) is 0 Å². The number of carbonyl (C=O) groups excluding carboxylic acids is 2. The predicted molar refractivity (Wildman–Crippen MR) is 62.5 cm³/mol. The smallest absolute Gasteiger partial charge is 0.307 e. The second kappa shape index (κ2) is 5.16. The Morgan fingerprint density at radius 1 is 1.38 bits per heavy atom. The normalized spacial score (nSPS) is 19.5. The quantitative estimate of drug-likeness (QED) is 0.593. The van der Waals surface area contributed by atoms with E-state index in [1.54, 1.807) is 23.9 Å². The molecule has 1 aromatic rings. The number of benzene rings is 1.